The number of nitrogens with one attached hydrogen (secondary N) is 1. The molecule has 1 fully saturated rings. The van der Waals surface area contributed by atoms with Crippen LogP contribution in [0.3, 0.4) is 0 Å². The second-order valence-electron chi connectivity index (χ2n) is 8.30. The second kappa shape index (κ2) is 8.82. The Morgan fingerprint density at radius 2 is 1.61 bits per heavy atom. The molecule has 2 amide bonds. The second-order valence-corrected chi connectivity index (χ2v) is 8.30. The fraction of sp³-hybridized carbons (Fsp3) is 0.185. The number of amides is 2. The highest BCUT2D eigenvalue weighted by atomic mass is 16.3. The van der Waals surface area contributed by atoms with Crippen LogP contribution in [0.25, 0.3) is 11.0 Å². The number of rotatable bonds is 4. The first kappa shape index (κ1) is 20.8. The maximum absolute atomic E-state index is 12.9. The number of hydrogen-bond donors (Lipinski definition) is 1. The van der Waals surface area contributed by atoms with Crippen LogP contribution in [0.15, 0.2) is 83.3 Å². The maximum atomic E-state index is 12.9. The van der Waals surface area contributed by atoms with E-state index < -0.39 is 0 Å². The van der Waals surface area contributed by atoms with E-state index in [1.165, 1.54) is 0 Å². The number of aryl methyl sites for hydroxylation is 1. The predicted octanol–water partition coefficient (Wildman–Crippen LogP) is 4.96. The molecular weight excluding hydrogens is 414 g/mol. The van der Waals surface area contributed by atoms with E-state index in [0.29, 0.717) is 24.4 Å². The van der Waals surface area contributed by atoms with E-state index in [9.17, 15) is 9.59 Å². The van der Waals surface area contributed by atoms with Crippen molar-refractivity contribution in [1.29, 1.82) is 0 Å². The third-order valence-electron chi connectivity index (χ3n) is 5.97. The maximum Gasteiger partial charge on any atom is 0.289 e. The molecule has 0 bridgehead atoms. The van der Waals surface area contributed by atoms with Gasteiger partial charge in [-0.15, -0.1) is 0 Å². The zero-order valence-electron chi connectivity index (χ0n) is 18.5. The minimum absolute atomic E-state index is 0.0694. The molecule has 5 rings (SSSR count). The lowest BCUT2D eigenvalue weighted by molar-refractivity contribution is 0.0717. The number of piperazine rings is 1. The predicted molar refractivity (Wildman–Crippen MR) is 130 cm³/mol. The summed E-state index contributed by atoms with van der Waals surface area (Å²) in [7, 11) is 0. The first-order chi connectivity index (χ1) is 16.1. The third kappa shape index (κ3) is 4.46. The number of nitrogens with zero attached hydrogens (tertiary/aromatic N) is 2. The summed E-state index contributed by atoms with van der Waals surface area (Å²) in [6, 6.07) is 24.8. The van der Waals surface area contributed by atoms with Crippen LogP contribution in [0.1, 0.15) is 26.5 Å². The smallest absolute Gasteiger partial charge is 0.289 e. The quantitative estimate of drug-likeness (QED) is 0.488. The van der Waals surface area contributed by atoms with E-state index in [-0.39, 0.29) is 11.8 Å². The molecule has 4 aromatic rings. The Morgan fingerprint density at radius 1 is 0.848 bits per heavy atom. The average Bonchev–Trinajstić information content (AvgIpc) is 3.29. The largest absolute Gasteiger partial charge is 0.451 e. The van der Waals surface area contributed by atoms with Crippen molar-refractivity contribution in [2.75, 3.05) is 36.4 Å². The Labute approximate surface area is 192 Å². The molecule has 1 saturated heterocycles. The van der Waals surface area contributed by atoms with E-state index >= 15 is 0 Å². The molecule has 33 heavy (non-hydrogen) atoms. The van der Waals surface area contributed by atoms with E-state index in [0.717, 1.165) is 41.0 Å². The number of anilines is 2. The Bertz CT molecular complexity index is 1270. The minimum atomic E-state index is -0.121. The summed E-state index contributed by atoms with van der Waals surface area (Å²) in [5, 5.41) is 3.88. The van der Waals surface area contributed by atoms with Crippen LogP contribution >= 0.6 is 0 Å². The molecule has 6 heteroatoms. The summed E-state index contributed by atoms with van der Waals surface area (Å²) in [6.07, 6.45) is 0. The van der Waals surface area contributed by atoms with Crippen LogP contribution in [0.2, 0.25) is 0 Å². The van der Waals surface area contributed by atoms with Crippen molar-refractivity contribution in [3.8, 4) is 0 Å². The van der Waals surface area contributed by atoms with Crippen molar-refractivity contribution in [2.24, 2.45) is 0 Å². The van der Waals surface area contributed by atoms with Crippen LogP contribution in [0.4, 0.5) is 11.4 Å². The van der Waals surface area contributed by atoms with Gasteiger partial charge in [0.25, 0.3) is 11.8 Å². The summed E-state index contributed by atoms with van der Waals surface area (Å²) >= 11 is 0. The van der Waals surface area contributed by atoms with Gasteiger partial charge in [-0.25, -0.2) is 0 Å². The molecule has 2 heterocycles. The zero-order chi connectivity index (χ0) is 22.8. The minimum Gasteiger partial charge on any atom is -0.451 e. The van der Waals surface area contributed by atoms with Crippen LogP contribution in [0, 0.1) is 6.92 Å². The van der Waals surface area contributed by atoms with Crippen molar-refractivity contribution in [3.63, 3.8) is 0 Å². The van der Waals surface area contributed by atoms with Gasteiger partial charge < -0.3 is 19.5 Å². The topological polar surface area (TPSA) is 65.8 Å². The first-order valence-electron chi connectivity index (χ1n) is 11.1. The molecule has 3 aromatic carbocycles. The van der Waals surface area contributed by atoms with Gasteiger partial charge in [0.05, 0.1) is 0 Å². The molecular formula is C27H25N3O3. The standard InChI is InChI=1S/C27H25N3O3/c1-19-5-4-7-21(17-19)26(31)28-22-9-11-23(12-10-22)29-13-15-30(16-14-29)27(32)25-18-20-6-2-3-8-24(20)33-25/h2-12,17-18H,13-16H2,1H3,(H,28,31). The lowest BCUT2D eigenvalue weighted by Crippen LogP contribution is -2.48. The number of furan rings is 1. The summed E-state index contributed by atoms with van der Waals surface area (Å²) < 4.78 is 5.74. The van der Waals surface area contributed by atoms with E-state index in [2.05, 4.69) is 10.2 Å². The molecule has 1 aliphatic heterocycles. The fourth-order valence-corrected chi connectivity index (χ4v) is 4.16. The fourth-order valence-electron chi connectivity index (χ4n) is 4.16. The van der Waals surface area contributed by atoms with Crippen molar-refractivity contribution in [1.82, 2.24) is 4.90 Å². The number of benzene rings is 3. The van der Waals surface area contributed by atoms with Crippen molar-refractivity contribution in [2.45, 2.75) is 6.92 Å². The number of carbonyl (C=O) groups excluding carboxylic acids is 2. The number of para-hydroxylation sites is 1. The van der Waals surface area contributed by atoms with Gasteiger partial charge in [-0.2, -0.15) is 0 Å². The van der Waals surface area contributed by atoms with E-state index in [1.807, 2.05) is 90.7 Å². The van der Waals surface area contributed by atoms with Gasteiger partial charge >= 0.3 is 0 Å². The molecule has 6 nitrogen and oxygen atoms in total. The summed E-state index contributed by atoms with van der Waals surface area (Å²) in [6.45, 7) is 4.70. The highest BCUT2D eigenvalue weighted by Gasteiger charge is 2.24. The summed E-state index contributed by atoms with van der Waals surface area (Å²) in [4.78, 5) is 29.4. The zero-order valence-corrected chi connectivity index (χ0v) is 18.5. The van der Waals surface area contributed by atoms with Crippen molar-refractivity contribution >= 4 is 34.2 Å². The Balaban J connectivity index is 1.18. The molecule has 0 atom stereocenters. The van der Waals surface area contributed by atoms with Crippen LogP contribution in [-0.4, -0.2) is 42.9 Å². The molecule has 0 spiro atoms. The normalized spacial score (nSPS) is 13.8. The highest BCUT2D eigenvalue weighted by molar-refractivity contribution is 6.04. The lowest BCUT2D eigenvalue weighted by atomic mass is 10.1. The Morgan fingerprint density at radius 3 is 2.33 bits per heavy atom. The molecule has 1 aliphatic rings. The van der Waals surface area contributed by atoms with Crippen LogP contribution in [0.5, 0.6) is 0 Å². The van der Waals surface area contributed by atoms with Crippen LogP contribution < -0.4 is 10.2 Å². The summed E-state index contributed by atoms with van der Waals surface area (Å²) in [5.41, 5.74) is 4.25. The third-order valence-corrected chi connectivity index (χ3v) is 5.97. The molecule has 1 N–H and O–H groups in total. The molecule has 0 aliphatic carbocycles. The van der Waals surface area contributed by atoms with Gasteiger partial charge in [-0.05, 0) is 55.5 Å². The van der Waals surface area contributed by atoms with Gasteiger partial charge in [-0.1, -0.05) is 35.9 Å². The van der Waals surface area contributed by atoms with Crippen LogP contribution in [-0.2, 0) is 0 Å². The van der Waals surface area contributed by atoms with E-state index in [4.69, 9.17) is 4.42 Å². The molecule has 166 valence electrons. The van der Waals surface area contributed by atoms with Gasteiger partial charge in [0.2, 0.25) is 0 Å². The molecule has 1 aromatic heterocycles. The van der Waals surface area contributed by atoms with Gasteiger partial charge in [0, 0.05) is 48.5 Å². The van der Waals surface area contributed by atoms with Crippen molar-refractivity contribution in [3.05, 3.63) is 95.7 Å². The molecule has 0 unspecified atom stereocenters. The number of carbonyl (C=O) groups is 2. The van der Waals surface area contributed by atoms with Gasteiger partial charge in [0.1, 0.15) is 5.58 Å². The molecule has 0 radical (unpaired) electrons. The summed E-state index contributed by atoms with van der Waals surface area (Å²) in [5.74, 6) is 0.197. The lowest BCUT2D eigenvalue weighted by Gasteiger charge is -2.35. The number of hydrogen-bond acceptors (Lipinski definition) is 4. The van der Waals surface area contributed by atoms with Crippen molar-refractivity contribution < 1.29 is 14.0 Å². The Kier molecular flexibility index (Phi) is 5.57. The Hall–Kier alpha value is -4.06. The first-order valence-corrected chi connectivity index (χ1v) is 11.1. The average molecular weight is 440 g/mol. The number of fused-ring (bicyclic) bond motifs is 1. The SMILES string of the molecule is Cc1cccc(C(=O)Nc2ccc(N3CCN(C(=O)c4cc5ccccc5o4)CC3)cc2)c1. The molecule has 0 saturated carbocycles. The highest BCUT2D eigenvalue weighted by Crippen LogP contribution is 2.23. The van der Waals surface area contributed by atoms with Gasteiger partial charge in [-0.3, -0.25) is 9.59 Å². The van der Waals surface area contributed by atoms with E-state index in [1.54, 1.807) is 0 Å². The monoisotopic (exact) mass is 439 g/mol. The van der Waals surface area contributed by atoms with Gasteiger partial charge in [0.15, 0.2) is 5.76 Å².